The fourth-order valence-electron chi connectivity index (χ4n) is 2.27. The third-order valence-corrected chi connectivity index (χ3v) is 3.34. The van der Waals surface area contributed by atoms with E-state index in [0.717, 1.165) is 0 Å². The van der Waals surface area contributed by atoms with Crippen molar-refractivity contribution in [2.24, 2.45) is 0 Å². The molecule has 0 saturated heterocycles. The summed E-state index contributed by atoms with van der Waals surface area (Å²) < 4.78 is 5.67. The third-order valence-electron chi connectivity index (χ3n) is 3.34. The van der Waals surface area contributed by atoms with Gasteiger partial charge in [0, 0.05) is 13.1 Å². The van der Waals surface area contributed by atoms with Crippen LogP contribution in [0.25, 0.3) is 0 Å². The topological polar surface area (TPSA) is 133 Å². The Morgan fingerprint density at radius 2 is 2.04 bits per heavy atom. The average Bonchev–Trinajstić information content (AvgIpc) is 2.53. The van der Waals surface area contributed by atoms with E-state index in [1.807, 2.05) is 0 Å². The summed E-state index contributed by atoms with van der Waals surface area (Å²) in [5.41, 5.74) is 6.38. The molecule has 0 fully saturated rings. The highest BCUT2D eigenvalue weighted by Gasteiger charge is 2.24. The number of rotatable bonds is 5. The molecule has 0 radical (unpaired) electrons. The summed E-state index contributed by atoms with van der Waals surface area (Å²) in [6, 6.07) is 5.97. The number of hydrogen-bond acceptors (Lipinski definition) is 7. The summed E-state index contributed by atoms with van der Waals surface area (Å²) in [6.07, 6.45) is -0.748. The van der Waals surface area contributed by atoms with Crippen LogP contribution in [0, 0.1) is 17.0 Å². The van der Waals surface area contributed by atoms with Gasteiger partial charge in [0.05, 0.1) is 21.9 Å². The Kier molecular flexibility index (Phi) is 4.93. The predicted molar refractivity (Wildman–Crippen MR) is 86.7 cm³/mol. The summed E-state index contributed by atoms with van der Waals surface area (Å²) in [7, 11) is 1.48. The molecule has 1 heterocycles. The van der Waals surface area contributed by atoms with Crippen LogP contribution < -0.4 is 15.8 Å². The van der Waals surface area contributed by atoms with Gasteiger partial charge in [0.25, 0.3) is 5.91 Å². The zero-order chi connectivity index (χ0) is 17.9. The van der Waals surface area contributed by atoms with Crippen molar-refractivity contribution in [3.8, 4) is 5.75 Å². The molecule has 0 aliphatic carbocycles. The number of aromatic nitrogens is 2. The largest absolute Gasteiger partial charge is 0.477 e. The van der Waals surface area contributed by atoms with Crippen LogP contribution in [-0.4, -0.2) is 27.8 Å². The van der Waals surface area contributed by atoms with Gasteiger partial charge in [-0.2, -0.15) is 0 Å². The zero-order valence-electron chi connectivity index (χ0n) is 13.4. The molecular weight excluding hydrogens is 314 g/mol. The van der Waals surface area contributed by atoms with Crippen LogP contribution in [-0.2, 0) is 0 Å². The van der Waals surface area contributed by atoms with Crippen molar-refractivity contribution in [2.45, 2.75) is 20.0 Å². The summed E-state index contributed by atoms with van der Waals surface area (Å²) in [5, 5.41) is 13.6. The third kappa shape index (κ3) is 3.40. The Balaban J connectivity index is 2.46. The summed E-state index contributed by atoms with van der Waals surface area (Å²) in [6.45, 7) is 3.26. The maximum Gasteiger partial charge on any atom is 0.310 e. The minimum Gasteiger partial charge on any atom is -0.477 e. The second-order valence-corrected chi connectivity index (χ2v) is 4.99. The minimum absolute atomic E-state index is 0.00633. The van der Waals surface area contributed by atoms with Gasteiger partial charge in [-0.15, -0.1) is 0 Å². The number of aryl methyl sites for hydroxylation is 1. The van der Waals surface area contributed by atoms with Crippen molar-refractivity contribution in [1.82, 2.24) is 15.3 Å². The highest BCUT2D eigenvalue weighted by molar-refractivity contribution is 5.96. The normalized spacial score (nSPS) is 11.6. The van der Waals surface area contributed by atoms with Gasteiger partial charge in [0.1, 0.15) is 6.10 Å². The van der Waals surface area contributed by atoms with E-state index >= 15 is 0 Å². The zero-order valence-corrected chi connectivity index (χ0v) is 13.4. The van der Waals surface area contributed by atoms with E-state index in [1.54, 1.807) is 26.0 Å². The first kappa shape index (κ1) is 17.1. The maximum absolute atomic E-state index is 12.1. The number of nitrogens with two attached hydrogens (primary N) is 1. The van der Waals surface area contributed by atoms with E-state index in [1.165, 1.54) is 19.2 Å². The van der Waals surface area contributed by atoms with Crippen molar-refractivity contribution >= 4 is 17.5 Å². The standard InChI is InChI=1S/C15H17N5O4/c1-8-12(14(21)17-3)13(19-15(16)18-8)9(2)24-11-7-5-4-6-10(11)20(22)23/h4-7,9H,1-3H3,(H,17,21)(H2,16,18,19). The maximum atomic E-state index is 12.1. The lowest BCUT2D eigenvalue weighted by Gasteiger charge is -2.18. The molecule has 0 bridgehead atoms. The molecule has 2 aromatic rings. The van der Waals surface area contributed by atoms with Gasteiger partial charge in [-0.1, -0.05) is 12.1 Å². The van der Waals surface area contributed by atoms with Crippen LogP contribution >= 0.6 is 0 Å². The molecule has 1 unspecified atom stereocenters. The van der Waals surface area contributed by atoms with Crippen LogP contribution in [0.4, 0.5) is 11.6 Å². The average molecular weight is 331 g/mol. The second-order valence-electron chi connectivity index (χ2n) is 4.99. The molecule has 1 atom stereocenters. The Morgan fingerprint density at radius 3 is 2.67 bits per heavy atom. The van der Waals surface area contributed by atoms with Gasteiger partial charge in [0.2, 0.25) is 5.95 Å². The van der Waals surface area contributed by atoms with Crippen LogP contribution in [0.5, 0.6) is 5.75 Å². The Hall–Kier alpha value is -3.23. The molecule has 24 heavy (non-hydrogen) atoms. The molecule has 9 nitrogen and oxygen atoms in total. The predicted octanol–water partition coefficient (Wildman–Crippen LogP) is 1.78. The van der Waals surface area contributed by atoms with Gasteiger partial charge < -0.3 is 15.8 Å². The number of carbonyl (C=O) groups excluding carboxylic acids is 1. The molecule has 2 rings (SSSR count). The van der Waals surface area contributed by atoms with Crippen molar-refractivity contribution in [2.75, 3.05) is 12.8 Å². The van der Waals surface area contributed by atoms with Gasteiger partial charge >= 0.3 is 5.69 Å². The van der Waals surface area contributed by atoms with Crippen LogP contribution in [0.3, 0.4) is 0 Å². The van der Waals surface area contributed by atoms with Crippen LogP contribution in [0.15, 0.2) is 24.3 Å². The van der Waals surface area contributed by atoms with Crippen molar-refractivity contribution < 1.29 is 14.5 Å². The van der Waals surface area contributed by atoms with E-state index in [9.17, 15) is 14.9 Å². The molecule has 1 aromatic heterocycles. The molecule has 3 N–H and O–H groups in total. The number of benzene rings is 1. The molecule has 126 valence electrons. The number of nitrogen functional groups attached to an aromatic ring is 1. The van der Waals surface area contributed by atoms with Gasteiger partial charge in [-0.25, -0.2) is 9.97 Å². The van der Waals surface area contributed by atoms with E-state index in [2.05, 4.69) is 15.3 Å². The lowest BCUT2D eigenvalue weighted by atomic mass is 10.1. The number of carbonyl (C=O) groups is 1. The minimum atomic E-state index is -0.748. The first-order valence-electron chi connectivity index (χ1n) is 7.11. The summed E-state index contributed by atoms with van der Waals surface area (Å²) in [4.78, 5) is 30.7. The van der Waals surface area contributed by atoms with Gasteiger partial charge in [0.15, 0.2) is 5.75 Å². The number of nitrogens with zero attached hydrogens (tertiary/aromatic N) is 3. The van der Waals surface area contributed by atoms with Crippen molar-refractivity contribution in [3.05, 3.63) is 51.3 Å². The summed E-state index contributed by atoms with van der Waals surface area (Å²) >= 11 is 0. The number of hydrogen-bond donors (Lipinski definition) is 2. The van der Waals surface area contributed by atoms with Crippen LogP contribution in [0.1, 0.15) is 34.8 Å². The van der Waals surface area contributed by atoms with Gasteiger partial charge in [-0.3, -0.25) is 14.9 Å². The molecular formula is C15H17N5O4. The van der Waals surface area contributed by atoms with E-state index in [4.69, 9.17) is 10.5 Å². The Bertz CT molecular complexity index is 793. The molecule has 0 aliphatic heterocycles. The Morgan fingerprint density at radius 1 is 1.38 bits per heavy atom. The van der Waals surface area contributed by atoms with Crippen molar-refractivity contribution in [3.63, 3.8) is 0 Å². The smallest absolute Gasteiger partial charge is 0.310 e. The number of amides is 1. The molecule has 0 spiro atoms. The van der Waals surface area contributed by atoms with E-state index in [0.29, 0.717) is 5.69 Å². The molecule has 1 amide bonds. The SMILES string of the molecule is CNC(=O)c1c(C)nc(N)nc1C(C)Oc1ccccc1[N+](=O)[O-]. The number of ether oxygens (including phenoxy) is 1. The number of anilines is 1. The van der Waals surface area contributed by atoms with Crippen LogP contribution in [0.2, 0.25) is 0 Å². The van der Waals surface area contributed by atoms with E-state index in [-0.39, 0.29) is 34.5 Å². The lowest BCUT2D eigenvalue weighted by Crippen LogP contribution is -2.25. The first-order valence-corrected chi connectivity index (χ1v) is 7.11. The van der Waals surface area contributed by atoms with Crippen molar-refractivity contribution in [1.29, 1.82) is 0 Å². The number of nitro groups is 1. The highest BCUT2D eigenvalue weighted by Crippen LogP contribution is 2.31. The molecule has 0 saturated carbocycles. The number of nitro benzene ring substituents is 1. The second kappa shape index (κ2) is 6.90. The highest BCUT2D eigenvalue weighted by atomic mass is 16.6. The lowest BCUT2D eigenvalue weighted by molar-refractivity contribution is -0.386. The first-order chi connectivity index (χ1) is 11.3. The molecule has 1 aromatic carbocycles. The number of para-hydroxylation sites is 2. The Labute approximate surface area is 138 Å². The fourth-order valence-corrected chi connectivity index (χ4v) is 2.27. The summed E-state index contributed by atoms with van der Waals surface area (Å²) in [5.74, 6) is -0.318. The fraction of sp³-hybridized carbons (Fsp3) is 0.267. The molecule has 0 aliphatic rings. The monoisotopic (exact) mass is 331 g/mol. The molecule has 9 heteroatoms. The van der Waals surface area contributed by atoms with E-state index < -0.39 is 11.0 Å². The van der Waals surface area contributed by atoms with Gasteiger partial charge in [-0.05, 0) is 19.9 Å². The quantitative estimate of drug-likeness (QED) is 0.630. The number of nitrogens with one attached hydrogen (secondary N) is 1.